The zero-order valence-corrected chi connectivity index (χ0v) is 27.0. The fourth-order valence-electron chi connectivity index (χ4n) is 5.97. The quantitative estimate of drug-likeness (QED) is 0.137. The van der Waals surface area contributed by atoms with Crippen LogP contribution in [0.5, 0.6) is 46.0 Å². The van der Waals surface area contributed by atoms with Gasteiger partial charge in [-0.05, 0) is 85.1 Å². The number of aromatic nitrogens is 1. The number of aryl methyl sites for hydroxylation is 1. The Bertz CT molecular complexity index is 1910. The third-order valence-electron chi connectivity index (χ3n) is 8.50. The van der Waals surface area contributed by atoms with E-state index in [0.717, 1.165) is 47.6 Å². The highest BCUT2D eigenvalue weighted by Crippen LogP contribution is 2.47. The number of nitrogens with zero attached hydrogens (tertiary/aromatic N) is 2. The fraction of sp³-hybridized carbons (Fsp3) is 0.243. The van der Waals surface area contributed by atoms with E-state index in [-0.39, 0.29) is 17.3 Å². The van der Waals surface area contributed by atoms with Gasteiger partial charge in [0.15, 0.2) is 46.9 Å². The van der Waals surface area contributed by atoms with Crippen molar-refractivity contribution < 1.29 is 43.6 Å². The fourth-order valence-corrected chi connectivity index (χ4v) is 5.97. The van der Waals surface area contributed by atoms with Crippen molar-refractivity contribution in [3.05, 3.63) is 101 Å². The van der Waals surface area contributed by atoms with E-state index in [0.29, 0.717) is 45.8 Å². The number of aldehydes is 1. The number of phenolic OH excluding ortho intramolecular Hbond substituents is 1. The number of ether oxygens (including phenoxy) is 5. The van der Waals surface area contributed by atoms with Crippen molar-refractivity contribution in [2.75, 3.05) is 34.9 Å². The van der Waals surface area contributed by atoms with E-state index >= 15 is 0 Å². The van der Waals surface area contributed by atoms with Crippen molar-refractivity contribution in [2.24, 2.45) is 7.05 Å². The molecule has 1 atom stereocenters. The molecule has 0 saturated heterocycles. The highest BCUT2D eigenvalue weighted by Gasteiger charge is 2.28. The molecule has 1 aromatic heterocycles. The average molecular weight is 639 g/mol. The summed E-state index contributed by atoms with van der Waals surface area (Å²) in [5.74, 6) is 3.32. The minimum Gasteiger partial charge on any atom is -0.870 e. The number of pyridine rings is 1. The zero-order valence-electron chi connectivity index (χ0n) is 27.0. The molecular formula is C37H38N2O8. The highest BCUT2D eigenvalue weighted by molar-refractivity contribution is 5.92. The predicted octanol–water partition coefficient (Wildman–Crippen LogP) is 6.39. The van der Waals surface area contributed by atoms with Crippen molar-refractivity contribution in [1.29, 1.82) is 0 Å². The number of fused-ring (bicyclic) bond motifs is 2. The largest absolute Gasteiger partial charge is 0.870 e. The maximum absolute atomic E-state index is 11.3. The van der Waals surface area contributed by atoms with Crippen LogP contribution in [0.15, 0.2) is 79.1 Å². The molecule has 0 radical (unpaired) electrons. The Kier molecular flexibility index (Phi) is 9.83. The smallest absolute Gasteiger partial charge is 0.202 e. The van der Waals surface area contributed by atoms with E-state index in [1.165, 1.54) is 12.7 Å². The van der Waals surface area contributed by atoms with Gasteiger partial charge < -0.3 is 34.3 Å². The first-order chi connectivity index (χ1) is 22.3. The Morgan fingerprint density at radius 2 is 1.60 bits per heavy atom. The molecule has 0 saturated carbocycles. The van der Waals surface area contributed by atoms with Gasteiger partial charge in [-0.3, -0.25) is 9.69 Å². The second-order valence-electron chi connectivity index (χ2n) is 11.4. The number of aromatic hydroxyl groups is 1. The van der Waals surface area contributed by atoms with Gasteiger partial charge in [0.1, 0.15) is 19.1 Å². The third-order valence-corrected chi connectivity index (χ3v) is 8.50. The molecular weight excluding hydrogens is 600 g/mol. The van der Waals surface area contributed by atoms with Crippen LogP contribution in [0.4, 0.5) is 0 Å². The lowest BCUT2D eigenvalue weighted by atomic mass is 9.88. The van der Waals surface area contributed by atoms with Crippen LogP contribution in [0.3, 0.4) is 0 Å². The number of carbonyl (C=O) groups is 1. The Morgan fingerprint density at radius 3 is 2.30 bits per heavy atom. The topological polar surface area (TPSA) is 121 Å². The van der Waals surface area contributed by atoms with Crippen LogP contribution in [-0.4, -0.2) is 56.7 Å². The lowest BCUT2D eigenvalue weighted by molar-refractivity contribution is -0.670. The number of hydrogen-bond acceptors (Lipinski definition) is 9. The molecule has 47 heavy (non-hydrogen) atoms. The molecule has 2 heterocycles. The van der Waals surface area contributed by atoms with Crippen LogP contribution in [0.25, 0.3) is 10.8 Å². The predicted molar refractivity (Wildman–Crippen MR) is 176 cm³/mol. The average Bonchev–Trinajstić information content (AvgIpc) is 3.07. The first kappa shape index (κ1) is 33.1. The van der Waals surface area contributed by atoms with Gasteiger partial charge in [-0.1, -0.05) is 12.1 Å². The Balaban J connectivity index is 0.00000433. The molecule has 0 bridgehead atoms. The summed E-state index contributed by atoms with van der Waals surface area (Å²) in [4.78, 5) is 13.6. The maximum atomic E-state index is 11.3. The van der Waals surface area contributed by atoms with Gasteiger partial charge >= 0.3 is 0 Å². The second kappa shape index (κ2) is 14.0. The monoisotopic (exact) mass is 638 g/mol. The molecule has 1 aliphatic rings. The summed E-state index contributed by atoms with van der Waals surface area (Å²) in [5, 5.41) is 12.8. The van der Waals surface area contributed by atoms with E-state index in [2.05, 4.69) is 24.1 Å². The maximum Gasteiger partial charge on any atom is 0.202 e. The molecule has 0 unspecified atom stereocenters. The lowest BCUT2D eigenvalue weighted by Crippen LogP contribution is -2.33. The summed E-state index contributed by atoms with van der Waals surface area (Å²) < 4.78 is 31.2. The number of benzene rings is 4. The van der Waals surface area contributed by atoms with Crippen molar-refractivity contribution in [1.82, 2.24) is 4.90 Å². The van der Waals surface area contributed by atoms with Gasteiger partial charge in [-0.15, -0.1) is 0 Å². The van der Waals surface area contributed by atoms with Crippen LogP contribution < -0.4 is 28.3 Å². The van der Waals surface area contributed by atoms with Crippen molar-refractivity contribution >= 4 is 17.1 Å². The highest BCUT2D eigenvalue weighted by atomic mass is 16.5. The van der Waals surface area contributed by atoms with Crippen LogP contribution in [0, 0.1) is 0 Å². The normalized spacial score (nSPS) is 14.1. The molecule has 0 spiro atoms. The van der Waals surface area contributed by atoms with E-state index in [9.17, 15) is 9.90 Å². The van der Waals surface area contributed by atoms with Crippen LogP contribution >= 0.6 is 0 Å². The minimum absolute atomic E-state index is 0. The van der Waals surface area contributed by atoms with Crippen molar-refractivity contribution in [2.45, 2.75) is 18.9 Å². The van der Waals surface area contributed by atoms with Gasteiger partial charge in [0.05, 0.1) is 26.7 Å². The Hall–Kier alpha value is -5.32. The van der Waals surface area contributed by atoms with E-state index < -0.39 is 0 Å². The minimum atomic E-state index is -0.0764. The number of phenols is 1. The first-order valence-corrected chi connectivity index (χ1v) is 15.0. The van der Waals surface area contributed by atoms with E-state index in [1.54, 1.807) is 38.5 Å². The molecule has 4 aromatic carbocycles. The molecule has 5 aromatic rings. The van der Waals surface area contributed by atoms with Crippen LogP contribution in [0.1, 0.15) is 33.1 Å². The van der Waals surface area contributed by atoms with Gasteiger partial charge in [0.25, 0.3) is 0 Å². The summed E-state index contributed by atoms with van der Waals surface area (Å²) in [6, 6.07) is 20.9. The summed E-state index contributed by atoms with van der Waals surface area (Å²) in [6.45, 7) is 0.896. The first-order valence-electron chi connectivity index (χ1n) is 15.0. The summed E-state index contributed by atoms with van der Waals surface area (Å²) in [7, 11) is 8.76. The van der Waals surface area contributed by atoms with Gasteiger partial charge in [0, 0.05) is 29.6 Å². The lowest BCUT2D eigenvalue weighted by Gasteiger charge is -2.35. The molecule has 244 valence electrons. The number of hydrogen-bond donors (Lipinski definition) is 1. The van der Waals surface area contributed by atoms with Gasteiger partial charge in [-0.2, -0.15) is 0 Å². The third kappa shape index (κ3) is 6.65. The molecule has 10 heteroatoms. The van der Waals surface area contributed by atoms with Crippen molar-refractivity contribution in [3.8, 4) is 46.0 Å². The number of carbonyl (C=O) groups excluding carboxylic acids is 1. The van der Waals surface area contributed by atoms with E-state index in [1.807, 2.05) is 54.3 Å². The van der Waals surface area contributed by atoms with Gasteiger partial charge in [-0.25, -0.2) is 4.57 Å². The summed E-state index contributed by atoms with van der Waals surface area (Å²) >= 11 is 0. The molecule has 0 aliphatic carbocycles. The Morgan fingerprint density at radius 1 is 0.872 bits per heavy atom. The number of methoxy groups -OCH3 is 3. The molecule has 0 amide bonds. The second-order valence-corrected chi connectivity index (χ2v) is 11.4. The van der Waals surface area contributed by atoms with E-state index in [4.69, 9.17) is 23.7 Å². The molecule has 0 fully saturated rings. The molecule has 10 nitrogen and oxygen atoms in total. The van der Waals surface area contributed by atoms with Crippen molar-refractivity contribution in [3.63, 3.8) is 0 Å². The van der Waals surface area contributed by atoms with Crippen LogP contribution in [0.2, 0.25) is 0 Å². The van der Waals surface area contributed by atoms with Gasteiger partial charge in [0.2, 0.25) is 5.75 Å². The zero-order chi connectivity index (χ0) is 32.4. The standard InChI is InChI=1S/C37H36N2O7.H2O/c1-38-14-12-26-19-35(44-5)36(41)37(29(26)21-38)46-34-20-28-25(18-32(34)43-4)13-15-39(2)30(28)16-23-6-9-27(10-7-23)45-33-17-24(22-40)8-11-31(33)42-3;/h6-12,14,17-22,30H,13,15-16H2,1-5H3;1H2/t30-;/m0./s1. The molecule has 6 rings (SSSR count). The summed E-state index contributed by atoms with van der Waals surface area (Å²) in [5.41, 5.74) is 3.97. The number of rotatable bonds is 10. The molecule has 1 aliphatic heterocycles. The SMILES string of the molecule is COc1ccc(C=O)cc1Oc1ccc(C[C@H]2c3cc(Oc4c(O)c(OC)cc5cc[n+](C)cc45)c(OC)cc3CCN2C)cc1.[OH-]. The number of likely N-dealkylation sites (N-methyl/N-ethyl adjacent to an activating group) is 1. The Labute approximate surface area is 273 Å². The molecule has 2 N–H and O–H groups in total. The van der Waals surface area contributed by atoms with Crippen LogP contribution in [-0.2, 0) is 19.9 Å². The summed E-state index contributed by atoms with van der Waals surface area (Å²) in [6.07, 6.45) is 6.25.